The van der Waals surface area contributed by atoms with Gasteiger partial charge in [-0.2, -0.15) is 0 Å². The molecule has 0 bridgehead atoms. The maximum absolute atomic E-state index is 12.0. The fourth-order valence-corrected chi connectivity index (χ4v) is 6.94. The molecule has 11 nitrogen and oxygen atoms in total. The maximum atomic E-state index is 12.0. The van der Waals surface area contributed by atoms with Gasteiger partial charge >= 0.3 is 0 Å². The van der Waals surface area contributed by atoms with Crippen molar-refractivity contribution in [3.8, 4) is 5.75 Å². The molecule has 0 unspecified atom stereocenters. The number of phenols is 1. The van der Waals surface area contributed by atoms with Crippen LogP contribution in [0.5, 0.6) is 5.75 Å². The molecule has 0 fully saturated rings. The van der Waals surface area contributed by atoms with Gasteiger partial charge in [0, 0.05) is 44.0 Å². The molecule has 0 atom stereocenters. The molecule has 5 aromatic carbocycles. The van der Waals surface area contributed by atoms with Crippen LogP contribution in [-0.4, -0.2) is 64.6 Å². The third-order valence-corrected chi connectivity index (χ3v) is 9.38. The molecular weight excluding hydrogens is 661 g/mol. The predicted octanol–water partition coefficient (Wildman–Crippen LogP) is 7.98. The number of imidazole rings is 3. The molecule has 0 saturated carbocycles. The second-order valence-electron chi connectivity index (χ2n) is 13.4. The number of rotatable bonds is 14. The van der Waals surface area contributed by atoms with Crippen LogP contribution in [0.25, 0.3) is 33.1 Å². The van der Waals surface area contributed by atoms with E-state index in [2.05, 4.69) is 49.1 Å². The highest BCUT2D eigenvalue weighted by Crippen LogP contribution is 2.29. The van der Waals surface area contributed by atoms with Crippen LogP contribution in [0.2, 0.25) is 0 Å². The van der Waals surface area contributed by atoms with Crippen molar-refractivity contribution < 1.29 is 5.11 Å². The average molecular weight is 703 g/mol. The Hall–Kier alpha value is -6.30. The number of anilines is 1. The summed E-state index contributed by atoms with van der Waals surface area (Å²) < 4.78 is 0. The van der Waals surface area contributed by atoms with Gasteiger partial charge in [-0.25, -0.2) is 15.0 Å². The summed E-state index contributed by atoms with van der Waals surface area (Å²) in [6.45, 7) is 5.22. The molecule has 0 saturated heterocycles. The summed E-state index contributed by atoms with van der Waals surface area (Å²) in [5.74, 6) is 2.84. The van der Waals surface area contributed by atoms with Crippen LogP contribution in [-0.2, 0) is 32.7 Å². The Labute approximate surface area is 307 Å². The predicted molar refractivity (Wildman–Crippen MR) is 212 cm³/mol. The van der Waals surface area contributed by atoms with E-state index in [-0.39, 0.29) is 5.75 Å². The van der Waals surface area contributed by atoms with Gasteiger partial charge in [0.2, 0.25) is 0 Å². The third-order valence-electron chi connectivity index (χ3n) is 9.38. The third kappa shape index (κ3) is 7.81. The molecule has 0 amide bonds. The standard InChI is InChI=1S/C42H42N10O/c1-28-21-29(23-51(20-19-44-32-12-4-3-11-31(32)43-2)25-39-45-33-13-5-6-14-34(33)46-39)42(53)30(22-28)24-52(26-40-47-35-15-7-8-16-36(35)48-40)27-41-49-37-17-9-10-18-38(37)50-41/h3-19,21-22,43,53H,20,23-27H2,1-2H3,(H,45,46)(H,47,48)(H,49,50). The topological polar surface area (TPSA) is 137 Å². The summed E-state index contributed by atoms with van der Waals surface area (Å²) in [4.78, 5) is 34.3. The second-order valence-corrected chi connectivity index (χ2v) is 13.4. The smallest absolute Gasteiger partial charge is 0.124 e. The Bertz CT molecular complexity index is 2350. The Morgan fingerprint density at radius 1 is 0.623 bits per heavy atom. The SMILES string of the molecule is CNc1ccccc1N=CCN(Cc1nc2ccccc2[nH]1)Cc1cc(C)cc(CN(Cc2nc3ccccc3[nH]2)Cc2nc3ccccc3[nH]2)c1O. The van der Waals surface area contributed by atoms with Crippen LogP contribution in [0.3, 0.4) is 0 Å². The van der Waals surface area contributed by atoms with Crippen LogP contribution >= 0.6 is 0 Å². The molecule has 3 aromatic heterocycles. The number of fused-ring (bicyclic) bond motifs is 3. The summed E-state index contributed by atoms with van der Waals surface area (Å²) in [5.41, 5.74) is 10.3. The number of aromatic amines is 3. The average Bonchev–Trinajstić information content (AvgIpc) is 3.89. The first-order chi connectivity index (χ1) is 26.0. The van der Waals surface area contributed by atoms with Crippen molar-refractivity contribution in [2.75, 3.05) is 18.9 Å². The van der Waals surface area contributed by atoms with Crippen molar-refractivity contribution in [3.05, 3.63) is 143 Å². The number of nitrogens with one attached hydrogen (secondary N) is 4. The van der Waals surface area contributed by atoms with E-state index in [4.69, 9.17) is 19.9 Å². The number of aryl methyl sites for hydroxylation is 1. The first kappa shape index (κ1) is 33.8. The van der Waals surface area contributed by atoms with Gasteiger partial charge in [0.05, 0.1) is 64.1 Å². The van der Waals surface area contributed by atoms with E-state index in [1.165, 1.54) is 0 Å². The van der Waals surface area contributed by atoms with Gasteiger partial charge in [0.1, 0.15) is 23.2 Å². The number of hydrogen-bond donors (Lipinski definition) is 5. The van der Waals surface area contributed by atoms with Crippen molar-refractivity contribution in [2.24, 2.45) is 4.99 Å². The van der Waals surface area contributed by atoms with Gasteiger partial charge in [-0.3, -0.25) is 14.8 Å². The molecule has 0 aliphatic rings. The molecule has 0 spiro atoms. The summed E-state index contributed by atoms with van der Waals surface area (Å²) in [5, 5.41) is 15.2. The van der Waals surface area contributed by atoms with Crippen LogP contribution in [0.15, 0.2) is 114 Å². The van der Waals surface area contributed by atoms with E-state index >= 15 is 0 Å². The van der Waals surface area contributed by atoms with E-state index in [0.29, 0.717) is 39.3 Å². The van der Waals surface area contributed by atoms with Gasteiger partial charge in [-0.05, 0) is 55.5 Å². The van der Waals surface area contributed by atoms with Crippen LogP contribution < -0.4 is 5.32 Å². The van der Waals surface area contributed by atoms with Gasteiger partial charge in [0.25, 0.3) is 0 Å². The van der Waals surface area contributed by atoms with Crippen LogP contribution in [0.1, 0.15) is 34.2 Å². The quantitative estimate of drug-likeness (QED) is 0.0725. The number of aliphatic imine (C=N–C) groups is 1. The zero-order valence-corrected chi connectivity index (χ0v) is 29.8. The van der Waals surface area contributed by atoms with E-state index < -0.39 is 0 Å². The number of para-hydroxylation sites is 8. The summed E-state index contributed by atoms with van der Waals surface area (Å²) in [6, 6.07) is 36.3. The molecule has 8 rings (SSSR count). The number of benzene rings is 5. The molecule has 0 aliphatic heterocycles. The normalized spacial score (nSPS) is 12.0. The number of nitrogens with zero attached hydrogens (tertiary/aromatic N) is 6. The molecule has 8 aromatic rings. The van der Waals surface area contributed by atoms with Crippen LogP contribution in [0.4, 0.5) is 11.4 Å². The summed E-state index contributed by atoms with van der Waals surface area (Å²) in [6.07, 6.45) is 1.93. The Balaban J connectivity index is 1.08. The number of aromatic nitrogens is 6. The molecule has 0 aliphatic carbocycles. The van der Waals surface area contributed by atoms with Crippen molar-refractivity contribution in [3.63, 3.8) is 0 Å². The zero-order valence-electron chi connectivity index (χ0n) is 29.8. The molecular formula is C42H42N10O. The lowest BCUT2D eigenvalue weighted by molar-refractivity contribution is 0.233. The summed E-state index contributed by atoms with van der Waals surface area (Å²) >= 11 is 0. The summed E-state index contributed by atoms with van der Waals surface area (Å²) in [7, 11) is 1.90. The molecule has 0 radical (unpaired) electrons. The lowest BCUT2D eigenvalue weighted by Gasteiger charge is -2.24. The van der Waals surface area contributed by atoms with E-state index in [9.17, 15) is 5.11 Å². The van der Waals surface area contributed by atoms with E-state index in [0.717, 1.165) is 78.6 Å². The number of hydrogen-bond acceptors (Lipinski definition) is 8. The number of aromatic hydroxyl groups is 1. The van der Waals surface area contributed by atoms with Gasteiger partial charge in [0.15, 0.2) is 0 Å². The highest BCUT2D eigenvalue weighted by atomic mass is 16.3. The molecule has 266 valence electrons. The fraction of sp³-hybridized carbons (Fsp3) is 0.190. The highest BCUT2D eigenvalue weighted by Gasteiger charge is 2.19. The lowest BCUT2D eigenvalue weighted by Crippen LogP contribution is -2.26. The zero-order chi connectivity index (χ0) is 36.1. The highest BCUT2D eigenvalue weighted by molar-refractivity contribution is 5.76. The lowest BCUT2D eigenvalue weighted by atomic mass is 10.0. The van der Waals surface area contributed by atoms with Crippen molar-refractivity contribution >= 4 is 50.7 Å². The first-order valence-electron chi connectivity index (χ1n) is 17.8. The molecule has 3 heterocycles. The Morgan fingerprint density at radius 2 is 1.08 bits per heavy atom. The minimum absolute atomic E-state index is 0.280. The fourth-order valence-electron chi connectivity index (χ4n) is 6.94. The van der Waals surface area contributed by atoms with E-state index in [1.54, 1.807) is 0 Å². The molecule has 11 heteroatoms. The van der Waals surface area contributed by atoms with Gasteiger partial charge in [-0.1, -0.05) is 66.2 Å². The maximum Gasteiger partial charge on any atom is 0.124 e. The minimum atomic E-state index is 0.280. The Morgan fingerprint density at radius 3 is 1.58 bits per heavy atom. The minimum Gasteiger partial charge on any atom is -0.507 e. The number of H-pyrrole nitrogens is 3. The Kier molecular flexibility index (Phi) is 9.65. The van der Waals surface area contributed by atoms with Crippen LogP contribution in [0, 0.1) is 6.92 Å². The monoisotopic (exact) mass is 702 g/mol. The first-order valence-corrected chi connectivity index (χ1v) is 17.8. The van der Waals surface area contributed by atoms with Crippen molar-refractivity contribution in [2.45, 2.75) is 39.6 Å². The van der Waals surface area contributed by atoms with E-state index in [1.807, 2.05) is 110 Å². The van der Waals surface area contributed by atoms with Crippen molar-refractivity contribution in [1.82, 2.24) is 39.7 Å². The molecule has 5 N–H and O–H groups in total. The van der Waals surface area contributed by atoms with Crippen molar-refractivity contribution in [1.29, 1.82) is 0 Å². The largest absolute Gasteiger partial charge is 0.507 e. The second kappa shape index (κ2) is 15.1. The van der Waals surface area contributed by atoms with Gasteiger partial charge < -0.3 is 25.4 Å². The van der Waals surface area contributed by atoms with Gasteiger partial charge in [-0.15, -0.1) is 0 Å². The molecule has 53 heavy (non-hydrogen) atoms. The number of phenolic OH excluding ortho intramolecular Hbond substituents is 1.